The van der Waals surface area contributed by atoms with E-state index in [1.807, 2.05) is 0 Å². The Balaban J connectivity index is 3.15. The van der Waals surface area contributed by atoms with Gasteiger partial charge in [0.2, 0.25) is 0 Å². The van der Waals surface area contributed by atoms with Gasteiger partial charge in [0.05, 0.1) is 9.20 Å². The second kappa shape index (κ2) is 2.81. The average Bonchev–Trinajstić information content (AvgIpc) is 1.30. The van der Waals surface area contributed by atoms with Crippen LogP contribution in [0.4, 0.5) is 0 Å². The van der Waals surface area contributed by atoms with Crippen molar-refractivity contribution in [2.75, 3.05) is 0 Å². The first-order valence-corrected chi connectivity index (χ1v) is 12.7. The minimum absolute atomic E-state index is 0.260. The Bertz CT molecular complexity index is 48.6. The van der Waals surface area contributed by atoms with Crippen molar-refractivity contribution in [1.29, 1.82) is 0 Å². The number of hydrogen-bond acceptors (Lipinski definition) is 1. The van der Waals surface area contributed by atoms with Gasteiger partial charge in [-0.2, -0.15) is 0 Å². The van der Waals surface area contributed by atoms with Crippen LogP contribution in [0.1, 0.15) is 0 Å². The monoisotopic (exact) mass is 149 g/mol. The van der Waals surface area contributed by atoms with Crippen LogP contribution in [0, 0.1) is 0 Å². The highest BCUT2D eigenvalue weighted by molar-refractivity contribution is 6.95. The van der Waals surface area contributed by atoms with Gasteiger partial charge in [-0.25, -0.2) is 0 Å². The van der Waals surface area contributed by atoms with E-state index < -0.39 is 8.24 Å². The molecule has 0 fully saturated rings. The fourth-order valence-corrected chi connectivity index (χ4v) is 14.3. The predicted molar refractivity (Wildman–Crippen MR) is 45.0 cm³/mol. The van der Waals surface area contributed by atoms with Crippen LogP contribution in [0.25, 0.3) is 0 Å². The van der Waals surface area contributed by atoms with Crippen molar-refractivity contribution in [1.82, 2.24) is 4.65 Å². The third-order valence-corrected chi connectivity index (χ3v) is 9.55. The van der Waals surface area contributed by atoms with Gasteiger partial charge in [0.25, 0.3) is 0 Å². The van der Waals surface area contributed by atoms with E-state index in [0.717, 1.165) is 0 Å². The topological polar surface area (TPSA) is 12.0 Å². The molecule has 7 heavy (non-hydrogen) atoms. The fraction of sp³-hybridized carbons (Fsp3) is 1.00. The first-order chi connectivity index (χ1) is 3.06. The molecule has 0 rings (SSSR count). The molecular weight excluding hydrogens is 134 g/mol. The summed E-state index contributed by atoms with van der Waals surface area (Å²) in [5.41, 5.74) is 0. The van der Waals surface area contributed by atoms with Crippen LogP contribution in [0.3, 0.4) is 0 Å². The van der Waals surface area contributed by atoms with Crippen LogP contribution >= 0.6 is 0 Å². The SMILES string of the molecule is C[Si](C)(C)N[SiH2][SiH3]. The molecule has 0 aliphatic carbocycles. The van der Waals surface area contributed by atoms with Gasteiger partial charge >= 0.3 is 0 Å². The van der Waals surface area contributed by atoms with Crippen LogP contribution < -0.4 is 4.65 Å². The van der Waals surface area contributed by atoms with E-state index in [-0.39, 0.29) is 9.20 Å². The zero-order valence-electron chi connectivity index (χ0n) is 5.71. The molecule has 0 bridgehead atoms. The van der Waals surface area contributed by atoms with Gasteiger partial charge in [0, 0.05) is 9.76 Å². The Labute approximate surface area is 52.1 Å². The van der Waals surface area contributed by atoms with E-state index in [9.17, 15) is 0 Å². The standard InChI is InChI=1S/C3H15NSi3/c1-7(2,3)4-6-5/h4H,6H2,1-3,5H3. The normalized spacial score (nSPS) is 14.1. The minimum Gasteiger partial charge on any atom is -0.367 e. The van der Waals surface area contributed by atoms with Crippen LogP contribution in [-0.4, -0.2) is 27.2 Å². The molecule has 0 aliphatic rings. The highest BCUT2D eigenvalue weighted by Crippen LogP contribution is 1.90. The lowest BCUT2D eigenvalue weighted by molar-refractivity contribution is 1.42. The van der Waals surface area contributed by atoms with Crippen LogP contribution in [0.5, 0.6) is 0 Å². The van der Waals surface area contributed by atoms with Gasteiger partial charge in [-0.05, 0) is 0 Å². The molecule has 0 unspecified atom stereocenters. The first kappa shape index (κ1) is 7.61. The molecule has 0 spiro atoms. The van der Waals surface area contributed by atoms with Crippen molar-refractivity contribution in [2.45, 2.75) is 19.6 Å². The summed E-state index contributed by atoms with van der Waals surface area (Å²) in [5.74, 6) is 0. The molecule has 0 amide bonds. The fourth-order valence-electron chi connectivity index (χ4n) is 0.530. The zero-order valence-corrected chi connectivity index (χ0v) is 10.1. The highest BCUT2D eigenvalue weighted by Gasteiger charge is 2.08. The van der Waals surface area contributed by atoms with Crippen LogP contribution in [-0.2, 0) is 0 Å². The third-order valence-electron chi connectivity index (χ3n) is 0.707. The molecule has 0 aromatic carbocycles. The van der Waals surface area contributed by atoms with Gasteiger partial charge in [-0.1, -0.05) is 19.6 Å². The van der Waals surface area contributed by atoms with E-state index in [1.165, 1.54) is 9.76 Å². The molecule has 0 saturated heterocycles. The summed E-state index contributed by atoms with van der Waals surface area (Å²) >= 11 is 0. The summed E-state index contributed by atoms with van der Waals surface area (Å²) < 4.78 is 3.62. The quantitative estimate of drug-likeness (QED) is 0.485. The van der Waals surface area contributed by atoms with Crippen molar-refractivity contribution in [3.05, 3.63) is 0 Å². The predicted octanol–water partition coefficient (Wildman–Crippen LogP) is -1.22. The number of hydrogen-bond donors (Lipinski definition) is 1. The smallest absolute Gasteiger partial charge is 0.109 e. The lowest BCUT2D eigenvalue weighted by atomic mass is 11.8. The van der Waals surface area contributed by atoms with E-state index >= 15 is 0 Å². The van der Waals surface area contributed by atoms with Crippen molar-refractivity contribution in [2.24, 2.45) is 0 Å². The molecule has 1 nitrogen and oxygen atoms in total. The summed E-state index contributed by atoms with van der Waals surface area (Å²) in [6.07, 6.45) is 0. The minimum atomic E-state index is -0.811. The van der Waals surface area contributed by atoms with Crippen molar-refractivity contribution >= 4 is 27.2 Å². The molecule has 0 atom stereocenters. The molecule has 4 heteroatoms. The second-order valence-electron chi connectivity index (χ2n) is 2.78. The van der Waals surface area contributed by atoms with E-state index in [0.29, 0.717) is 0 Å². The molecule has 0 saturated carbocycles. The molecule has 0 aromatic heterocycles. The summed E-state index contributed by atoms with van der Waals surface area (Å²) in [6, 6.07) is 0. The number of nitrogens with one attached hydrogen (secondary N) is 1. The van der Waals surface area contributed by atoms with E-state index in [1.54, 1.807) is 0 Å². The summed E-state index contributed by atoms with van der Waals surface area (Å²) in [7, 11) is 0.882. The third kappa shape index (κ3) is 6.61. The van der Waals surface area contributed by atoms with Crippen LogP contribution in [0.2, 0.25) is 19.6 Å². The Hall–Kier alpha value is 0.611. The van der Waals surface area contributed by atoms with Gasteiger partial charge in [-0.15, -0.1) is 0 Å². The Morgan fingerprint density at radius 3 is 1.86 bits per heavy atom. The van der Waals surface area contributed by atoms with Gasteiger partial charge in [0.15, 0.2) is 0 Å². The molecular formula is C3H15NSi3. The number of rotatable bonds is 2. The Morgan fingerprint density at radius 2 is 1.86 bits per heavy atom. The lowest BCUT2D eigenvalue weighted by Crippen LogP contribution is -2.43. The van der Waals surface area contributed by atoms with Gasteiger partial charge in [-0.3, -0.25) is 0 Å². The molecule has 1 N–H and O–H groups in total. The van der Waals surface area contributed by atoms with Gasteiger partial charge < -0.3 is 4.65 Å². The highest BCUT2D eigenvalue weighted by atomic mass is 29.1. The molecule has 0 radical (unpaired) electrons. The maximum atomic E-state index is 3.62. The molecule has 44 valence electrons. The first-order valence-electron chi connectivity index (χ1n) is 2.81. The maximum absolute atomic E-state index is 3.62. The van der Waals surface area contributed by atoms with E-state index in [2.05, 4.69) is 24.3 Å². The molecule has 0 aromatic rings. The maximum Gasteiger partial charge on any atom is 0.109 e. The summed E-state index contributed by atoms with van der Waals surface area (Å²) in [5, 5.41) is 0. The Kier molecular flexibility index (Phi) is 3.05. The van der Waals surface area contributed by atoms with Crippen molar-refractivity contribution in [3.8, 4) is 0 Å². The van der Waals surface area contributed by atoms with E-state index in [4.69, 9.17) is 0 Å². The van der Waals surface area contributed by atoms with Crippen LogP contribution in [0.15, 0.2) is 0 Å². The largest absolute Gasteiger partial charge is 0.367 e. The zero-order chi connectivity index (χ0) is 5.91. The van der Waals surface area contributed by atoms with Crippen molar-refractivity contribution in [3.63, 3.8) is 0 Å². The second-order valence-corrected chi connectivity index (χ2v) is 11.5. The molecule has 0 aliphatic heterocycles. The average molecular weight is 149 g/mol. The van der Waals surface area contributed by atoms with Gasteiger partial charge in [0.1, 0.15) is 8.24 Å². The summed E-state index contributed by atoms with van der Waals surface area (Å²) in [6.45, 7) is 7.08. The summed E-state index contributed by atoms with van der Waals surface area (Å²) in [4.78, 5) is 0. The Morgan fingerprint density at radius 1 is 1.43 bits per heavy atom. The molecule has 0 heterocycles. The lowest BCUT2D eigenvalue weighted by Gasteiger charge is -2.15. The van der Waals surface area contributed by atoms with Crippen molar-refractivity contribution < 1.29 is 0 Å².